The SMILES string of the molecule is CCOc1ccc(S(=O)(=O)NCC(N)C2CC2)cc1C. The van der Waals surface area contributed by atoms with Crippen LogP contribution in [0.3, 0.4) is 0 Å². The molecule has 112 valence electrons. The summed E-state index contributed by atoms with van der Waals surface area (Å²) in [5, 5.41) is 0. The number of aryl methyl sites for hydroxylation is 1. The summed E-state index contributed by atoms with van der Waals surface area (Å²) >= 11 is 0. The molecule has 0 spiro atoms. The second kappa shape index (κ2) is 6.11. The van der Waals surface area contributed by atoms with Crippen LogP contribution in [0.5, 0.6) is 5.75 Å². The zero-order valence-corrected chi connectivity index (χ0v) is 12.7. The van der Waals surface area contributed by atoms with Gasteiger partial charge in [-0.1, -0.05) is 0 Å². The quantitative estimate of drug-likeness (QED) is 0.797. The number of ether oxygens (including phenoxy) is 1. The molecule has 2 rings (SSSR count). The van der Waals surface area contributed by atoms with Crippen molar-refractivity contribution in [3.05, 3.63) is 23.8 Å². The molecule has 0 aromatic heterocycles. The molecule has 1 aliphatic carbocycles. The van der Waals surface area contributed by atoms with Crippen LogP contribution in [0, 0.1) is 12.8 Å². The van der Waals surface area contributed by atoms with E-state index in [9.17, 15) is 8.42 Å². The maximum absolute atomic E-state index is 12.2. The minimum Gasteiger partial charge on any atom is -0.494 e. The Morgan fingerprint density at radius 2 is 2.15 bits per heavy atom. The van der Waals surface area contributed by atoms with E-state index < -0.39 is 10.0 Å². The lowest BCUT2D eigenvalue weighted by molar-refractivity contribution is 0.337. The highest BCUT2D eigenvalue weighted by Crippen LogP contribution is 2.31. The number of nitrogens with two attached hydrogens (primary N) is 1. The maximum atomic E-state index is 12.2. The minimum atomic E-state index is -3.50. The van der Waals surface area contributed by atoms with Gasteiger partial charge in [0.15, 0.2) is 0 Å². The van der Waals surface area contributed by atoms with Crippen LogP contribution in [0.25, 0.3) is 0 Å². The summed E-state index contributed by atoms with van der Waals surface area (Å²) in [5.74, 6) is 1.18. The third-order valence-electron chi connectivity index (χ3n) is 3.49. The summed E-state index contributed by atoms with van der Waals surface area (Å²) in [5.41, 5.74) is 6.72. The lowest BCUT2D eigenvalue weighted by Crippen LogP contribution is -2.38. The second-order valence-corrected chi connectivity index (χ2v) is 6.98. The Labute approximate surface area is 120 Å². The Hall–Kier alpha value is -1.11. The van der Waals surface area contributed by atoms with E-state index >= 15 is 0 Å². The molecule has 1 unspecified atom stereocenters. The molecule has 1 saturated carbocycles. The van der Waals surface area contributed by atoms with Crippen LogP contribution in [-0.4, -0.2) is 27.6 Å². The smallest absolute Gasteiger partial charge is 0.240 e. The fraction of sp³-hybridized carbons (Fsp3) is 0.571. The van der Waals surface area contributed by atoms with Crippen LogP contribution in [0.1, 0.15) is 25.3 Å². The van der Waals surface area contributed by atoms with Gasteiger partial charge in [0.2, 0.25) is 10.0 Å². The van der Waals surface area contributed by atoms with Gasteiger partial charge in [0.05, 0.1) is 11.5 Å². The molecule has 0 bridgehead atoms. The molecule has 6 heteroatoms. The molecule has 5 nitrogen and oxygen atoms in total. The zero-order valence-electron chi connectivity index (χ0n) is 11.9. The first-order valence-corrected chi connectivity index (χ1v) is 8.41. The molecule has 0 radical (unpaired) electrons. The highest BCUT2D eigenvalue weighted by molar-refractivity contribution is 7.89. The average Bonchev–Trinajstić information content (AvgIpc) is 3.23. The maximum Gasteiger partial charge on any atom is 0.240 e. The van der Waals surface area contributed by atoms with Gasteiger partial charge in [0.1, 0.15) is 5.75 Å². The first-order valence-electron chi connectivity index (χ1n) is 6.92. The lowest BCUT2D eigenvalue weighted by atomic mass is 10.2. The van der Waals surface area contributed by atoms with E-state index in [1.54, 1.807) is 18.2 Å². The van der Waals surface area contributed by atoms with Crippen molar-refractivity contribution in [2.45, 2.75) is 37.6 Å². The van der Waals surface area contributed by atoms with Gasteiger partial charge >= 0.3 is 0 Å². The van der Waals surface area contributed by atoms with Gasteiger partial charge in [-0.25, -0.2) is 13.1 Å². The predicted octanol–water partition coefficient (Wildman–Crippen LogP) is 1.41. The van der Waals surface area contributed by atoms with Crippen molar-refractivity contribution in [1.29, 1.82) is 0 Å². The van der Waals surface area contributed by atoms with Crippen LogP contribution in [0.2, 0.25) is 0 Å². The predicted molar refractivity (Wildman–Crippen MR) is 78.2 cm³/mol. The molecule has 1 atom stereocenters. The summed E-state index contributed by atoms with van der Waals surface area (Å²) in [7, 11) is -3.50. The topological polar surface area (TPSA) is 81.4 Å². The zero-order chi connectivity index (χ0) is 14.8. The van der Waals surface area contributed by atoms with E-state index in [1.807, 2.05) is 13.8 Å². The molecule has 0 saturated heterocycles. The van der Waals surface area contributed by atoms with Gasteiger partial charge in [-0.15, -0.1) is 0 Å². The van der Waals surface area contributed by atoms with E-state index in [2.05, 4.69) is 4.72 Å². The number of hydrogen-bond acceptors (Lipinski definition) is 4. The van der Waals surface area contributed by atoms with Crippen molar-refractivity contribution in [2.24, 2.45) is 11.7 Å². The fourth-order valence-corrected chi connectivity index (χ4v) is 3.24. The third kappa shape index (κ3) is 3.71. The summed E-state index contributed by atoms with van der Waals surface area (Å²) in [4.78, 5) is 0.251. The van der Waals surface area contributed by atoms with Crippen molar-refractivity contribution in [3.63, 3.8) is 0 Å². The Morgan fingerprint density at radius 3 is 2.70 bits per heavy atom. The van der Waals surface area contributed by atoms with Crippen LogP contribution in [-0.2, 0) is 10.0 Å². The molecular weight excluding hydrogens is 276 g/mol. The Balaban J connectivity index is 2.06. The van der Waals surface area contributed by atoms with Gasteiger partial charge in [0, 0.05) is 12.6 Å². The number of rotatable bonds is 7. The molecule has 1 aliphatic rings. The van der Waals surface area contributed by atoms with E-state index in [0.717, 1.165) is 18.4 Å². The lowest BCUT2D eigenvalue weighted by Gasteiger charge is -2.13. The number of hydrogen-bond donors (Lipinski definition) is 2. The molecule has 1 fully saturated rings. The fourth-order valence-electron chi connectivity index (χ4n) is 2.09. The van der Waals surface area contributed by atoms with Gasteiger partial charge in [-0.3, -0.25) is 0 Å². The van der Waals surface area contributed by atoms with Gasteiger partial charge in [0.25, 0.3) is 0 Å². The van der Waals surface area contributed by atoms with Crippen LogP contribution in [0.4, 0.5) is 0 Å². The van der Waals surface area contributed by atoms with E-state index in [0.29, 0.717) is 24.8 Å². The van der Waals surface area contributed by atoms with Crippen molar-refractivity contribution in [2.75, 3.05) is 13.2 Å². The van der Waals surface area contributed by atoms with Crippen LogP contribution < -0.4 is 15.2 Å². The molecular formula is C14H22N2O3S. The molecule has 0 heterocycles. The van der Waals surface area contributed by atoms with Gasteiger partial charge < -0.3 is 10.5 Å². The molecule has 3 N–H and O–H groups in total. The third-order valence-corrected chi connectivity index (χ3v) is 4.91. The van der Waals surface area contributed by atoms with Crippen molar-refractivity contribution in [3.8, 4) is 5.75 Å². The molecule has 20 heavy (non-hydrogen) atoms. The highest BCUT2D eigenvalue weighted by atomic mass is 32.2. The van der Waals surface area contributed by atoms with Crippen LogP contribution >= 0.6 is 0 Å². The summed E-state index contributed by atoms with van der Waals surface area (Å²) in [6.45, 7) is 4.57. The van der Waals surface area contributed by atoms with Crippen molar-refractivity contribution >= 4 is 10.0 Å². The summed E-state index contributed by atoms with van der Waals surface area (Å²) < 4.78 is 32.4. The molecule has 1 aromatic carbocycles. The second-order valence-electron chi connectivity index (χ2n) is 5.21. The largest absolute Gasteiger partial charge is 0.494 e. The van der Waals surface area contributed by atoms with Crippen molar-refractivity contribution in [1.82, 2.24) is 4.72 Å². The Kier molecular flexibility index (Phi) is 4.67. The summed E-state index contributed by atoms with van der Waals surface area (Å²) in [6, 6.07) is 4.78. The van der Waals surface area contributed by atoms with E-state index in [4.69, 9.17) is 10.5 Å². The molecule has 0 amide bonds. The Bertz CT molecular complexity index is 568. The number of benzene rings is 1. The monoisotopic (exact) mass is 298 g/mol. The number of nitrogens with one attached hydrogen (secondary N) is 1. The summed E-state index contributed by atoms with van der Waals surface area (Å²) in [6.07, 6.45) is 2.20. The minimum absolute atomic E-state index is 0.0893. The first kappa shape index (κ1) is 15.3. The molecule has 0 aliphatic heterocycles. The highest BCUT2D eigenvalue weighted by Gasteiger charge is 2.29. The normalized spacial score (nSPS) is 16.9. The molecule has 1 aromatic rings. The van der Waals surface area contributed by atoms with E-state index in [-0.39, 0.29) is 10.9 Å². The first-order chi connectivity index (χ1) is 9.44. The van der Waals surface area contributed by atoms with Crippen molar-refractivity contribution < 1.29 is 13.2 Å². The Morgan fingerprint density at radius 1 is 1.45 bits per heavy atom. The van der Waals surface area contributed by atoms with E-state index in [1.165, 1.54) is 0 Å². The average molecular weight is 298 g/mol. The number of sulfonamides is 1. The standard InChI is InChI=1S/C14H22N2O3S/c1-3-19-14-7-6-12(8-10(14)2)20(17,18)16-9-13(15)11-4-5-11/h6-8,11,13,16H,3-5,9,15H2,1-2H3. The van der Waals surface area contributed by atoms with Crippen LogP contribution in [0.15, 0.2) is 23.1 Å². The van der Waals surface area contributed by atoms with Gasteiger partial charge in [-0.2, -0.15) is 0 Å². The van der Waals surface area contributed by atoms with Gasteiger partial charge in [-0.05, 0) is 56.4 Å².